The second kappa shape index (κ2) is 24.8. The van der Waals surface area contributed by atoms with Crippen molar-refractivity contribution in [2.75, 3.05) is 50.3 Å². The summed E-state index contributed by atoms with van der Waals surface area (Å²) in [5.74, 6) is 0. The summed E-state index contributed by atoms with van der Waals surface area (Å²) in [6.45, 7) is 12.0. The molecule has 7 heteroatoms. The van der Waals surface area contributed by atoms with Gasteiger partial charge in [-0.2, -0.15) is 0 Å². The molecule has 0 aliphatic carbocycles. The summed E-state index contributed by atoms with van der Waals surface area (Å²) in [5, 5.41) is 0. The minimum atomic E-state index is -4.15. The van der Waals surface area contributed by atoms with Crippen molar-refractivity contribution in [3.63, 3.8) is 0 Å². The summed E-state index contributed by atoms with van der Waals surface area (Å²) in [7, 11) is -4.15. The van der Waals surface area contributed by atoms with E-state index in [1.165, 1.54) is 77.0 Å². The van der Waals surface area contributed by atoms with Crippen LogP contribution in [0.2, 0.25) is 0 Å². The summed E-state index contributed by atoms with van der Waals surface area (Å²) in [6.07, 6.45) is 33.3. The van der Waals surface area contributed by atoms with Gasteiger partial charge in [0.2, 0.25) is 0 Å². The summed E-state index contributed by atoms with van der Waals surface area (Å²) >= 11 is 0. The number of hydrogen-bond acceptors (Lipinski definition) is 4. The summed E-state index contributed by atoms with van der Waals surface area (Å²) in [4.78, 5) is 0. The summed E-state index contributed by atoms with van der Waals surface area (Å²) in [6, 6.07) is 0. The fourth-order valence-electron chi connectivity index (χ4n) is 7.39. The fraction of sp³-hybridized carbons (Fsp3) is 1.00. The van der Waals surface area contributed by atoms with Gasteiger partial charge in [0.05, 0.1) is 0 Å². The Morgan fingerprint density at radius 2 is 0.511 bits per heavy atom. The summed E-state index contributed by atoms with van der Waals surface area (Å²) < 4.78 is 43.0. The van der Waals surface area contributed by atoms with E-state index in [9.17, 15) is 8.42 Å². The monoisotopic (exact) mass is 699 g/mol. The normalized spacial score (nSPS) is 14.7. The van der Waals surface area contributed by atoms with Crippen LogP contribution in [0.1, 0.15) is 196 Å². The van der Waals surface area contributed by atoms with Crippen LogP contribution in [0.15, 0.2) is 0 Å². The van der Waals surface area contributed by atoms with Crippen LogP contribution in [0.4, 0.5) is 0 Å². The molecule has 0 radical (unpaired) electrons. The van der Waals surface area contributed by atoms with Gasteiger partial charge in [0.15, 0.2) is 0 Å². The third-order valence-corrected chi connectivity index (χ3v) is 25.2. The van der Waals surface area contributed by atoms with Gasteiger partial charge in [-0.25, -0.2) is 0 Å². The zero-order chi connectivity index (χ0) is 34.0. The number of unbranched alkanes of at least 4 members (excludes halogenated alkanes) is 18. The average Bonchev–Trinajstić information content (AvgIpc) is 2.99. The Hall–Kier alpha value is 0.730. The molecule has 0 aliphatic rings. The van der Waals surface area contributed by atoms with Gasteiger partial charge in [0.25, 0.3) is 0 Å². The Morgan fingerprint density at radius 1 is 0.333 bits per heavy atom. The number of hydrogen-bond donors (Lipinski definition) is 0. The Kier molecular flexibility index (Phi) is 25.2. The van der Waals surface area contributed by atoms with E-state index in [0.717, 1.165) is 114 Å². The molecule has 276 valence electrons. The minimum absolute atomic E-state index is 0.926. The molecule has 0 heterocycles. The van der Waals surface area contributed by atoms with E-state index in [1.807, 2.05) is 0 Å². The van der Waals surface area contributed by atoms with Crippen molar-refractivity contribution in [2.45, 2.75) is 196 Å². The quantitative estimate of drug-likeness (QED) is 0.0496. The van der Waals surface area contributed by atoms with E-state index in [2.05, 4.69) is 54.9 Å². The molecular formula is C38H84O4P2S. The van der Waals surface area contributed by atoms with Crippen LogP contribution in [0.25, 0.3) is 0 Å². The van der Waals surface area contributed by atoms with Gasteiger partial charge in [-0.15, -0.1) is 0 Å². The van der Waals surface area contributed by atoms with Crippen LogP contribution < -0.4 is 0 Å². The van der Waals surface area contributed by atoms with Crippen molar-refractivity contribution in [3.05, 3.63) is 0 Å². The molecule has 0 rings (SSSR count). The predicted octanol–water partition coefficient (Wildman–Crippen LogP) is 13.9. The predicted molar refractivity (Wildman–Crippen MR) is 211 cm³/mol. The first-order chi connectivity index (χ1) is 21.4. The standard InChI is InChI=1S/C38H84O4P2S/c1-9-15-21-27-33-43(7,34-28-22-16-10-2,35-29-23-17-11-3)41-45(39,40)42-44(8,36-30-24-18-12-4,37-31-25-19-13-5)38-32-26-20-14-6/h9-38H2,1-8H3. The van der Waals surface area contributed by atoms with Crippen LogP contribution in [0.3, 0.4) is 0 Å². The topological polar surface area (TPSA) is 52.6 Å². The van der Waals surface area contributed by atoms with Gasteiger partial charge in [-0.05, 0) is 0 Å². The molecule has 0 saturated carbocycles. The zero-order valence-corrected chi connectivity index (χ0v) is 34.8. The third-order valence-electron chi connectivity index (χ3n) is 10.5. The third kappa shape index (κ3) is 20.8. The molecule has 0 N–H and O–H groups in total. The molecule has 0 unspecified atom stereocenters. The number of rotatable bonds is 34. The van der Waals surface area contributed by atoms with Gasteiger partial charge >= 0.3 is 286 Å². The fourth-order valence-corrected chi connectivity index (χ4v) is 22.1. The molecule has 0 aliphatic heterocycles. The maximum atomic E-state index is 14.6. The van der Waals surface area contributed by atoms with E-state index in [1.54, 1.807) is 0 Å². The molecular weight excluding hydrogens is 614 g/mol. The molecule has 0 amide bonds. The van der Waals surface area contributed by atoms with E-state index in [0.29, 0.717) is 0 Å². The van der Waals surface area contributed by atoms with Crippen LogP contribution in [0, 0.1) is 0 Å². The molecule has 45 heavy (non-hydrogen) atoms. The average molecular weight is 699 g/mol. The van der Waals surface area contributed by atoms with E-state index >= 15 is 0 Å². The molecule has 0 aromatic carbocycles. The molecule has 0 fully saturated rings. The Bertz CT molecular complexity index is 688. The first-order valence-electron chi connectivity index (χ1n) is 20.1. The van der Waals surface area contributed by atoms with Crippen molar-refractivity contribution >= 4 is 24.1 Å². The molecule has 0 aromatic heterocycles. The van der Waals surface area contributed by atoms with E-state index in [-0.39, 0.29) is 0 Å². The molecule has 0 bridgehead atoms. The molecule has 0 saturated heterocycles. The van der Waals surface area contributed by atoms with Crippen LogP contribution in [-0.2, 0) is 18.3 Å². The van der Waals surface area contributed by atoms with Gasteiger partial charge in [0, 0.05) is 0 Å². The van der Waals surface area contributed by atoms with Gasteiger partial charge < -0.3 is 0 Å². The van der Waals surface area contributed by atoms with Crippen molar-refractivity contribution in [3.8, 4) is 0 Å². The Labute approximate surface area is 285 Å². The van der Waals surface area contributed by atoms with E-state index in [4.69, 9.17) is 7.94 Å². The van der Waals surface area contributed by atoms with Crippen molar-refractivity contribution < 1.29 is 16.4 Å². The summed E-state index contributed by atoms with van der Waals surface area (Å²) in [5.41, 5.74) is 0. The van der Waals surface area contributed by atoms with E-state index < -0.39 is 24.1 Å². The van der Waals surface area contributed by atoms with Crippen molar-refractivity contribution in [2.24, 2.45) is 0 Å². The van der Waals surface area contributed by atoms with Crippen LogP contribution in [0.5, 0.6) is 0 Å². The second-order valence-electron chi connectivity index (χ2n) is 15.6. The maximum absolute atomic E-state index is 14.6. The zero-order valence-electron chi connectivity index (χ0n) is 32.1. The molecule has 4 nitrogen and oxygen atoms in total. The SMILES string of the molecule is CCCCCCP(C)(CCCCCC)(CCCCCC)OS(=O)(=O)OP(C)(CCCCCC)(CCCCCC)CCCCCC. The van der Waals surface area contributed by atoms with Gasteiger partial charge in [-0.1, -0.05) is 0 Å². The van der Waals surface area contributed by atoms with Crippen molar-refractivity contribution in [1.29, 1.82) is 0 Å². The van der Waals surface area contributed by atoms with Gasteiger partial charge in [-0.3, -0.25) is 0 Å². The molecule has 0 atom stereocenters. The first-order valence-corrected chi connectivity index (χ1v) is 27.7. The second-order valence-corrected chi connectivity index (χ2v) is 29.1. The first kappa shape index (κ1) is 45.7. The Balaban J connectivity index is 6.64. The Morgan fingerprint density at radius 3 is 0.667 bits per heavy atom. The van der Waals surface area contributed by atoms with Crippen LogP contribution in [-0.4, -0.2) is 58.7 Å². The van der Waals surface area contributed by atoms with Gasteiger partial charge in [0.1, 0.15) is 0 Å². The molecule has 0 aromatic rings. The van der Waals surface area contributed by atoms with Crippen molar-refractivity contribution in [1.82, 2.24) is 0 Å². The molecule has 0 spiro atoms. The van der Waals surface area contributed by atoms with Crippen LogP contribution >= 0.6 is 13.7 Å².